The van der Waals surface area contributed by atoms with E-state index in [0.29, 0.717) is 0 Å². The highest BCUT2D eigenvalue weighted by atomic mass is 35.5. The third-order valence-corrected chi connectivity index (χ3v) is 9.27. The van der Waals surface area contributed by atoms with Gasteiger partial charge in [0.2, 0.25) is 11.8 Å². The second-order valence-electron chi connectivity index (χ2n) is 9.90. The molecular formula is C30H35Cl2N3O4S. The molecule has 1 N–H and O–H groups in total. The van der Waals surface area contributed by atoms with E-state index in [1.54, 1.807) is 25.1 Å². The van der Waals surface area contributed by atoms with E-state index in [1.807, 2.05) is 52.0 Å². The predicted molar refractivity (Wildman–Crippen MR) is 161 cm³/mol. The molecule has 0 fully saturated rings. The Hall–Kier alpha value is -3.07. The minimum atomic E-state index is -4.25. The molecule has 0 spiro atoms. The number of hydrogen-bond donors (Lipinski definition) is 1. The maximum Gasteiger partial charge on any atom is 0.264 e. The largest absolute Gasteiger partial charge is 0.352 e. The van der Waals surface area contributed by atoms with E-state index >= 15 is 0 Å². The molecule has 3 aromatic rings. The summed E-state index contributed by atoms with van der Waals surface area (Å²) in [6.07, 6.45) is 0.722. The van der Waals surface area contributed by atoms with Crippen LogP contribution in [0.3, 0.4) is 0 Å². The summed E-state index contributed by atoms with van der Waals surface area (Å²) in [5.41, 5.74) is 2.75. The van der Waals surface area contributed by atoms with Crippen LogP contribution in [0.1, 0.15) is 43.9 Å². The molecule has 0 bridgehead atoms. The van der Waals surface area contributed by atoms with Crippen molar-refractivity contribution in [3.8, 4) is 0 Å². The Morgan fingerprint density at radius 3 is 2.20 bits per heavy atom. The van der Waals surface area contributed by atoms with Crippen LogP contribution in [0.15, 0.2) is 71.6 Å². The Morgan fingerprint density at radius 2 is 1.57 bits per heavy atom. The van der Waals surface area contributed by atoms with Gasteiger partial charge in [0.1, 0.15) is 12.6 Å². The fourth-order valence-electron chi connectivity index (χ4n) is 4.09. The van der Waals surface area contributed by atoms with Gasteiger partial charge in [-0.05, 0) is 63.9 Å². The topological polar surface area (TPSA) is 86.8 Å². The van der Waals surface area contributed by atoms with E-state index in [-0.39, 0.29) is 39.1 Å². The van der Waals surface area contributed by atoms with E-state index in [1.165, 1.54) is 29.2 Å². The molecule has 0 radical (unpaired) electrons. The fraction of sp³-hybridized carbons (Fsp3) is 0.333. The quantitative estimate of drug-likeness (QED) is 0.285. The van der Waals surface area contributed by atoms with Gasteiger partial charge in [0, 0.05) is 12.6 Å². The Kier molecular flexibility index (Phi) is 10.6. The maximum atomic E-state index is 14.0. The standard InChI is InChI=1S/C30H35Cl2N3O4S/c1-6-22(4)33-30(37)23(5)34(18-24-10-7-9-21(3)17-24)28(36)19-35(27-12-8-11-26(31)29(27)32)40(38,39)25-15-13-20(2)14-16-25/h7-17,22-23H,6,18-19H2,1-5H3,(H,33,37)/t22-,23-/m0/s1. The zero-order chi connectivity index (χ0) is 29.6. The van der Waals surface area contributed by atoms with Crippen LogP contribution in [0.4, 0.5) is 5.69 Å². The second-order valence-corrected chi connectivity index (χ2v) is 12.5. The van der Waals surface area contributed by atoms with Crippen LogP contribution >= 0.6 is 23.2 Å². The van der Waals surface area contributed by atoms with E-state index in [0.717, 1.165) is 27.4 Å². The van der Waals surface area contributed by atoms with Crippen LogP contribution in [0.5, 0.6) is 0 Å². The van der Waals surface area contributed by atoms with Gasteiger partial charge in [-0.2, -0.15) is 0 Å². The molecule has 3 aromatic carbocycles. The zero-order valence-electron chi connectivity index (χ0n) is 23.3. The third kappa shape index (κ3) is 7.56. The third-order valence-electron chi connectivity index (χ3n) is 6.69. The van der Waals surface area contributed by atoms with Crippen LogP contribution in [-0.2, 0) is 26.2 Å². The predicted octanol–water partition coefficient (Wildman–Crippen LogP) is 6.14. The number of aryl methyl sites for hydroxylation is 2. The van der Waals surface area contributed by atoms with Crippen molar-refractivity contribution in [1.29, 1.82) is 0 Å². The molecule has 0 saturated heterocycles. The molecule has 40 heavy (non-hydrogen) atoms. The number of anilines is 1. The monoisotopic (exact) mass is 603 g/mol. The minimum absolute atomic E-state index is 0.000416. The molecule has 214 valence electrons. The molecule has 2 amide bonds. The number of hydrogen-bond acceptors (Lipinski definition) is 4. The fourth-order valence-corrected chi connectivity index (χ4v) is 5.96. The molecule has 0 saturated carbocycles. The lowest BCUT2D eigenvalue weighted by atomic mass is 10.1. The highest BCUT2D eigenvalue weighted by molar-refractivity contribution is 7.92. The maximum absolute atomic E-state index is 14.0. The van der Waals surface area contributed by atoms with Gasteiger partial charge < -0.3 is 10.2 Å². The lowest BCUT2D eigenvalue weighted by Gasteiger charge is -2.32. The van der Waals surface area contributed by atoms with Gasteiger partial charge in [-0.3, -0.25) is 13.9 Å². The number of nitrogens with one attached hydrogen (secondary N) is 1. The molecule has 7 nitrogen and oxygen atoms in total. The number of carbonyl (C=O) groups is 2. The first-order valence-electron chi connectivity index (χ1n) is 13.0. The number of sulfonamides is 1. The molecular weight excluding hydrogens is 569 g/mol. The van der Waals surface area contributed by atoms with Gasteiger partial charge in [0.05, 0.1) is 20.6 Å². The van der Waals surface area contributed by atoms with Gasteiger partial charge >= 0.3 is 0 Å². The van der Waals surface area contributed by atoms with Crippen molar-refractivity contribution in [2.24, 2.45) is 0 Å². The van der Waals surface area contributed by atoms with Crippen molar-refractivity contribution in [3.63, 3.8) is 0 Å². The average molecular weight is 605 g/mol. The van der Waals surface area contributed by atoms with Crippen molar-refractivity contribution in [2.45, 2.75) is 64.6 Å². The highest BCUT2D eigenvalue weighted by Crippen LogP contribution is 2.35. The molecule has 0 aliphatic carbocycles. The first kappa shape index (κ1) is 31.5. The summed E-state index contributed by atoms with van der Waals surface area (Å²) in [6, 6.07) is 17.6. The van der Waals surface area contributed by atoms with Crippen LogP contribution < -0.4 is 9.62 Å². The van der Waals surface area contributed by atoms with Crippen molar-refractivity contribution in [1.82, 2.24) is 10.2 Å². The molecule has 0 aromatic heterocycles. The summed E-state index contributed by atoms with van der Waals surface area (Å²) in [7, 11) is -4.25. The SMILES string of the molecule is CC[C@H](C)NC(=O)[C@H](C)N(Cc1cccc(C)c1)C(=O)CN(c1cccc(Cl)c1Cl)S(=O)(=O)c1ccc(C)cc1. The minimum Gasteiger partial charge on any atom is -0.352 e. The van der Waals surface area contributed by atoms with Gasteiger partial charge in [0.15, 0.2) is 0 Å². The number of nitrogens with zero attached hydrogens (tertiary/aromatic N) is 2. The van der Waals surface area contributed by atoms with Gasteiger partial charge in [-0.15, -0.1) is 0 Å². The summed E-state index contributed by atoms with van der Waals surface area (Å²) in [4.78, 5) is 28.5. The van der Waals surface area contributed by atoms with Crippen LogP contribution in [0.25, 0.3) is 0 Å². The molecule has 10 heteroatoms. The van der Waals surface area contributed by atoms with Gasteiger partial charge in [-0.25, -0.2) is 8.42 Å². The Balaban J connectivity index is 2.07. The Labute approximate surface area is 247 Å². The number of carbonyl (C=O) groups excluding carboxylic acids is 2. The Morgan fingerprint density at radius 1 is 0.925 bits per heavy atom. The molecule has 0 unspecified atom stereocenters. The lowest BCUT2D eigenvalue weighted by molar-refractivity contribution is -0.139. The average Bonchev–Trinajstić information content (AvgIpc) is 2.91. The van der Waals surface area contributed by atoms with Gasteiger partial charge in [-0.1, -0.05) is 83.7 Å². The smallest absolute Gasteiger partial charge is 0.264 e. The first-order valence-corrected chi connectivity index (χ1v) is 15.2. The Bertz CT molecular complexity index is 1460. The van der Waals surface area contributed by atoms with Crippen molar-refractivity contribution >= 4 is 50.7 Å². The van der Waals surface area contributed by atoms with Crippen molar-refractivity contribution in [3.05, 3.63) is 93.5 Å². The zero-order valence-corrected chi connectivity index (χ0v) is 25.6. The van der Waals surface area contributed by atoms with E-state index in [2.05, 4.69) is 5.32 Å². The first-order chi connectivity index (χ1) is 18.8. The van der Waals surface area contributed by atoms with Gasteiger partial charge in [0.25, 0.3) is 10.0 Å². The molecule has 0 heterocycles. The van der Waals surface area contributed by atoms with E-state index in [9.17, 15) is 18.0 Å². The van der Waals surface area contributed by atoms with Crippen molar-refractivity contribution < 1.29 is 18.0 Å². The van der Waals surface area contributed by atoms with E-state index in [4.69, 9.17) is 23.2 Å². The summed E-state index contributed by atoms with van der Waals surface area (Å²) in [6.45, 7) is 8.77. The van der Waals surface area contributed by atoms with Crippen LogP contribution in [0, 0.1) is 13.8 Å². The summed E-state index contributed by atoms with van der Waals surface area (Å²) in [5.74, 6) is -0.899. The molecule has 3 rings (SSSR count). The second kappa shape index (κ2) is 13.5. The number of benzene rings is 3. The summed E-state index contributed by atoms with van der Waals surface area (Å²) >= 11 is 12.7. The highest BCUT2D eigenvalue weighted by Gasteiger charge is 2.34. The normalized spacial score (nSPS) is 12.9. The van der Waals surface area contributed by atoms with Crippen LogP contribution in [-0.4, -0.2) is 43.8 Å². The molecule has 0 aliphatic rings. The molecule has 2 atom stereocenters. The van der Waals surface area contributed by atoms with Crippen LogP contribution in [0.2, 0.25) is 10.0 Å². The number of rotatable bonds is 11. The summed E-state index contributed by atoms with van der Waals surface area (Å²) in [5, 5.41) is 3.07. The summed E-state index contributed by atoms with van der Waals surface area (Å²) < 4.78 is 28.8. The number of halogens is 2. The lowest BCUT2D eigenvalue weighted by Crippen LogP contribution is -2.52. The van der Waals surface area contributed by atoms with E-state index < -0.39 is 28.5 Å². The number of amides is 2. The van der Waals surface area contributed by atoms with Crippen molar-refractivity contribution in [2.75, 3.05) is 10.8 Å². The molecule has 0 aliphatic heterocycles.